The van der Waals surface area contributed by atoms with Gasteiger partial charge < -0.3 is 25.5 Å². The zero-order chi connectivity index (χ0) is 43.7. The summed E-state index contributed by atoms with van der Waals surface area (Å²) >= 11 is 1.80. The first kappa shape index (κ1) is 53.4. The number of amides is 4. The molecule has 1 rings (SSSR count). The van der Waals surface area contributed by atoms with Crippen molar-refractivity contribution in [3.8, 4) is 0 Å². The van der Waals surface area contributed by atoms with Crippen molar-refractivity contribution in [2.45, 2.75) is 157 Å². The minimum absolute atomic E-state index is 0.0178. The van der Waals surface area contributed by atoms with Crippen LogP contribution >= 0.6 is 11.8 Å². The van der Waals surface area contributed by atoms with E-state index in [4.69, 9.17) is 0 Å². The highest BCUT2D eigenvalue weighted by Gasteiger charge is 2.38. The second-order valence-corrected chi connectivity index (χ2v) is 19.1. The molecule has 4 amide bonds. The number of allylic oxidation sites excluding steroid dienone is 2. The average Bonchev–Trinajstić information content (AvgIpc) is 3.63. The van der Waals surface area contributed by atoms with E-state index < -0.39 is 18.2 Å². The number of carbonyl (C=O) groups is 4. The smallest absolute Gasteiger partial charge is 0.245 e. The average molecular weight is 806 g/mol. The predicted octanol–water partition coefficient (Wildman–Crippen LogP) is 7.19. The Bertz CT molecular complexity index is 1260. The number of likely N-dealkylation sites (N-methyl/N-ethyl adjacent to an activating group) is 2. The van der Waals surface area contributed by atoms with Crippen LogP contribution in [0.1, 0.15) is 116 Å². The fourth-order valence-electron chi connectivity index (χ4n) is 7.93. The Labute approximate surface area is 347 Å². The zero-order valence-corrected chi connectivity index (χ0v) is 39.0. The molecule has 0 spiro atoms. The van der Waals surface area contributed by atoms with Gasteiger partial charge in [-0.3, -0.25) is 24.1 Å². The molecule has 0 aromatic rings. The maximum absolute atomic E-state index is 13.6. The molecule has 10 atom stereocenters. The molecule has 1 fully saturated rings. The second kappa shape index (κ2) is 25.7. The van der Waals surface area contributed by atoms with Crippen LogP contribution in [0, 0.1) is 35.5 Å². The van der Waals surface area contributed by atoms with Gasteiger partial charge in [0.15, 0.2) is 0 Å². The third-order valence-electron chi connectivity index (χ3n) is 12.1. The van der Waals surface area contributed by atoms with E-state index in [0.717, 1.165) is 45.2 Å². The van der Waals surface area contributed by atoms with E-state index in [-0.39, 0.29) is 64.3 Å². The minimum Gasteiger partial charge on any atom is -0.386 e. The van der Waals surface area contributed by atoms with Gasteiger partial charge in [-0.05, 0) is 82.1 Å². The van der Waals surface area contributed by atoms with Gasteiger partial charge in [0.1, 0.15) is 6.04 Å². The lowest BCUT2D eigenvalue weighted by molar-refractivity contribution is -0.141. The van der Waals surface area contributed by atoms with Crippen LogP contribution in [-0.2, 0) is 19.2 Å². The van der Waals surface area contributed by atoms with Crippen LogP contribution in [0.15, 0.2) is 37.0 Å². The molecule has 3 N–H and O–H groups in total. The van der Waals surface area contributed by atoms with Crippen molar-refractivity contribution in [3.63, 3.8) is 0 Å². The molecular weight excluding hydrogens is 723 g/mol. The zero-order valence-electron chi connectivity index (χ0n) is 38.2. The van der Waals surface area contributed by atoms with Gasteiger partial charge >= 0.3 is 0 Å². The topological polar surface area (TPSA) is 122 Å². The summed E-state index contributed by atoms with van der Waals surface area (Å²) in [4.78, 5) is 56.6. The number of hydrogen-bond donors (Lipinski definition) is 3. The molecule has 4 unspecified atom stereocenters. The monoisotopic (exact) mass is 806 g/mol. The first-order chi connectivity index (χ1) is 26.0. The van der Waals surface area contributed by atoms with Gasteiger partial charge in [-0.2, -0.15) is 11.8 Å². The third kappa shape index (κ3) is 16.0. The summed E-state index contributed by atoms with van der Waals surface area (Å²) < 4.78 is 0.0511. The summed E-state index contributed by atoms with van der Waals surface area (Å²) in [6.45, 7) is 35.9. The lowest BCUT2D eigenvalue weighted by Crippen LogP contribution is -2.59. The molecule has 0 bridgehead atoms. The maximum Gasteiger partial charge on any atom is 0.245 e. The molecule has 324 valence electrons. The Hall–Kier alpha value is -2.63. The van der Waals surface area contributed by atoms with E-state index >= 15 is 0 Å². The Morgan fingerprint density at radius 1 is 0.929 bits per heavy atom. The van der Waals surface area contributed by atoms with Gasteiger partial charge in [0, 0.05) is 42.9 Å². The van der Waals surface area contributed by atoms with Crippen LogP contribution in [-0.4, -0.2) is 118 Å². The second-order valence-electron chi connectivity index (χ2n) is 17.6. The van der Waals surface area contributed by atoms with Gasteiger partial charge in [-0.1, -0.05) is 113 Å². The van der Waals surface area contributed by atoms with Crippen LogP contribution in [0.5, 0.6) is 0 Å². The molecule has 0 aliphatic carbocycles. The van der Waals surface area contributed by atoms with Gasteiger partial charge in [-0.25, -0.2) is 0 Å². The van der Waals surface area contributed by atoms with Gasteiger partial charge in [0.25, 0.3) is 0 Å². The van der Waals surface area contributed by atoms with E-state index in [1.807, 2.05) is 46.7 Å². The number of rotatable bonds is 23. The van der Waals surface area contributed by atoms with Gasteiger partial charge in [-0.15, -0.1) is 0 Å². The summed E-state index contributed by atoms with van der Waals surface area (Å²) in [6.07, 6.45) is 10.9. The highest BCUT2D eigenvalue weighted by molar-refractivity contribution is 7.99. The predicted molar refractivity (Wildman–Crippen MR) is 237 cm³/mol. The molecule has 1 saturated heterocycles. The first-order valence-corrected chi connectivity index (χ1v) is 22.2. The highest BCUT2D eigenvalue weighted by atomic mass is 32.2. The number of thioether (sulfide) groups is 1. The number of nitrogens with one attached hydrogen (secondary N) is 2. The Kier molecular flexibility index (Phi) is 24.5. The molecule has 1 heterocycles. The van der Waals surface area contributed by atoms with Crippen LogP contribution in [0.4, 0.5) is 0 Å². The number of carbonyl (C=O) groups excluding carboxylic acids is 4. The fourth-order valence-corrected chi connectivity index (χ4v) is 8.26. The number of likely N-dealkylation sites (tertiary alicyclic amines) is 1. The van der Waals surface area contributed by atoms with E-state index in [9.17, 15) is 24.3 Å². The number of aliphatic hydroxyl groups is 1. The van der Waals surface area contributed by atoms with Gasteiger partial charge in [0.05, 0.1) is 18.2 Å². The quantitative estimate of drug-likeness (QED) is 0.0739. The summed E-state index contributed by atoms with van der Waals surface area (Å²) in [6, 6.07) is -0.969. The summed E-state index contributed by atoms with van der Waals surface area (Å²) in [5.41, 5.74) is 0.612. The van der Waals surface area contributed by atoms with E-state index in [1.54, 1.807) is 41.8 Å². The lowest BCUT2D eigenvalue weighted by atomic mass is 9.85. The summed E-state index contributed by atoms with van der Waals surface area (Å²) in [5.74, 6) is 0.642. The Morgan fingerprint density at radius 2 is 1.48 bits per heavy atom. The van der Waals surface area contributed by atoms with Crippen LogP contribution < -0.4 is 10.6 Å². The fraction of sp³-hybridized carbons (Fsp3) is 0.778. The van der Waals surface area contributed by atoms with E-state index in [1.165, 1.54) is 0 Å². The van der Waals surface area contributed by atoms with Crippen LogP contribution in [0.25, 0.3) is 0 Å². The van der Waals surface area contributed by atoms with E-state index in [2.05, 4.69) is 90.3 Å². The summed E-state index contributed by atoms with van der Waals surface area (Å²) in [7, 11) is 3.93. The van der Waals surface area contributed by atoms with Crippen LogP contribution in [0.3, 0.4) is 0 Å². The minimum atomic E-state index is -0.843. The normalized spacial score (nSPS) is 19.8. The standard InChI is InChI=1S/C26H53N3O2S.C19H30N2O3/c1-14-19(7)23(20(8)15-2)29(12)25(31)21(17(3)4)27-24(30)22(18(5)6)28(11)16-26(9,10)32-13;1-6-9-16(7-2)18(23)15(5)20-19(24)14(4)13(3)17-10-8-11-21(17)12-22/h17-23H,14-16H2,1-13H3,(H,27,30);6-7,9,12-15,17-18,23H,1-2,8,10-11H2,3-5H3,(H,20,24)/b;16-9+/t19-,20?,21-,22?,23?;13?,14-,15-,17+,18-/m01/s1. The lowest BCUT2D eigenvalue weighted by Gasteiger charge is -2.40. The molecule has 0 aromatic carbocycles. The highest BCUT2D eigenvalue weighted by Crippen LogP contribution is 2.29. The number of nitrogens with zero attached hydrogens (tertiary/aromatic N) is 3. The Balaban J connectivity index is 0.00000112. The van der Waals surface area contributed by atoms with Crippen LogP contribution in [0.2, 0.25) is 0 Å². The van der Waals surface area contributed by atoms with Crippen molar-refractivity contribution in [2.24, 2.45) is 35.5 Å². The number of hydrogen-bond acceptors (Lipinski definition) is 7. The van der Waals surface area contributed by atoms with Crippen molar-refractivity contribution in [1.29, 1.82) is 0 Å². The molecule has 0 radical (unpaired) electrons. The molecule has 56 heavy (non-hydrogen) atoms. The molecule has 1 aliphatic heterocycles. The van der Waals surface area contributed by atoms with Crippen molar-refractivity contribution in [2.75, 3.05) is 33.4 Å². The van der Waals surface area contributed by atoms with Crippen molar-refractivity contribution >= 4 is 35.9 Å². The first-order valence-electron chi connectivity index (χ1n) is 21.0. The molecule has 0 saturated carbocycles. The number of aliphatic hydroxyl groups excluding tert-OH is 1. The molecule has 1 aliphatic rings. The third-order valence-corrected chi connectivity index (χ3v) is 13.3. The SMILES string of the molecule is C=C/C=C(\C=C)[C@H](O)[C@@H](C)NC(=O)[C@H](C)C(C)[C@@H]1CCCN1C=O.CCC(C)C([C@@H](C)CC)N(C)C(=O)[C@@H](NC(=O)C(C(C)C)N(C)CC(C)(C)SC)C(C)C. The maximum atomic E-state index is 13.6. The summed E-state index contributed by atoms with van der Waals surface area (Å²) in [5, 5.41) is 16.3. The molecular formula is C45H83N5O5S. The Morgan fingerprint density at radius 3 is 1.91 bits per heavy atom. The molecule has 10 nitrogen and oxygen atoms in total. The van der Waals surface area contributed by atoms with E-state index in [0.29, 0.717) is 17.4 Å². The van der Waals surface area contributed by atoms with Crippen molar-refractivity contribution in [1.82, 2.24) is 25.3 Å². The van der Waals surface area contributed by atoms with Crippen molar-refractivity contribution in [3.05, 3.63) is 37.0 Å². The largest absolute Gasteiger partial charge is 0.386 e. The van der Waals surface area contributed by atoms with Crippen molar-refractivity contribution < 1.29 is 24.3 Å². The molecule has 11 heteroatoms. The molecule has 0 aromatic heterocycles. The van der Waals surface area contributed by atoms with Gasteiger partial charge in [0.2, 0.25) is 24.1 Å².